The molecule has 0 aliphatic heterocycles. The molecule has 0 amide bonds. The zero-order valence-corrected chi connectivity index (χ0v) is 13.5. The van der Waals surface area contributed by atoms with Crippen molar-refractivity contribution in [3.05, 3.63) is 52.5 Å². The lowest BCUT2D eigenvalue weighted by molar-refractivity contribution is 0.403. The van der Waals surface area contributed by atoms with Crippen LogP contribution in [0.5, 0.6) is 5.75 Å². The molecular weight excluding hydrogens is 310 g/mol. The van der Waals surface area contributed by atoms with Gasteiger partial charge >= 0.3 is 0 Å². The molecule has 0 aliphatic carbocycles. The van der Waals surface area contributed by atoms with Crippen molar-refractivity contribution in [1.82, 2.24) is 0 Å². The molecule has 0 unspecified atom stereocenters. The zero-order valence-electron chi connectivity index (χ0n) is 12.0. The average Bonchev–Trinajstić information content (AvgIpc) is 2.42. The molecule has 0 fully saturated rings. The minimum Gasteiger partial charge on any atom is -0.495 e. The van der Waals surface area contributed by atoms with Crippen LogP contribution >= 0.6 is 11.6 Å². The largest absolute Gasteiger partial charge is 0.495 e. The van der Waals surface area contributed by atoms with Gasteiger partial charge in [-0.3, -0.25) is 4.72 Å². The molecule has 0 saturated heterocycles. The van der Waals surface area contributed by atoms with Crippen LogP contribution in [0.4, 0.5) is 5.69 Å². The molecule has 0 spiro atoms. The van der Waals surface area contributed by atoms with E-state index in [1.165, 1.54) is 19.2 Å². The van der Waals surface area contributed by atoms with Gasteiger partial charge in [-0.25, -0.2) is 8.42 Å². The fourth-order valence-electron chi connectivity index (χ4n) is 1.88. The number of hydrogen-bond acceptors (Lipinski definition) is 3. The molecule has 112 valence electrons. The maximum Gasteiger partial charge on any atom is 0.265 e. The molecule has 2 aromatic carbocycles. The second-order valence-electron chi connectivity index (χ2n) is 4.70. The van der Waals surface area contributed by atoms with E-state index in [1.54, 1.807) is 18.2 Å². The Hall–Kier alpha value is -1.72. The lowest BCUT2D eigenvalue weighted by atomic mass is 10.1. The minimum absolute atomic E-state index is 0.00993. The van der Waals surface area contributed by atoms with E-state index in [9.17, 15) is 8.42 Å². The van der Waals surface area contributed by atoms with E-state index >= 15 is 0 Å². The summed E-state index contributed by atoms with van der Waals surface area (Å²) in [6.45, 7) is 3.89. The summed E-state index contributed by atoms with van der Waals surface area (Å²) in [5.41, 5.74) is 2.60. The highest BCUT2D eigenvalue weighted by Gasteiger charge is 2.20. The maximum absolute atomic E-state index is 12.5. The van der Waals surface area contributed by atoms with E-state index in [0.29, 0.717) is 10.7 Å². The molecule has 0 bridgehead atoms. The predicted molar refractivity (Wildman–Crippen MR) is 84.7 cm³/mol. The predicted octanol–water partition coefficient (Wildman–Crippen LogP) is 3.77. The Morgan fingerprint density at radius 1 is 1.05 bits per heavy atom. The van der Waals surface area contributed by atoms with Crippen LogP contribution in [0.15, 0.2) is 41.3 Å². The zero-order chi connectivity index (χ0) is 15.6. The summed E-state index contributed by atoms with van der Waals surface area (Å²) < 4.78 is 32.6. The topological polar surface area (TPSA) is 55.4 Å². The number of sulfonamides is 1. The second-order valence-corrected chi connectivity index (χ2v) is 6.79. The van der Waals surface area contributed by atoms with Gasteiger partial charge in [0.1, 0.15) is 10.6 Å². The molecule has 0 saturated carbocycles. The van der Waals surface area contributed by atoms with E-state index in [-0.39, 0.29) is 10.6 Å². The number of hydrogen-bond donors (Lipinski definition) is 1. The molecular formula is C15H16ClNO3S. The van der Waals surface area contributed by atoms with Crippen molar-refractivity contribution in [1.29, 1.82) is 0 Å². The smallest absolute Gasteiger partial charge is 0.265 e. The van der Waals surface area contributed by atoms with Gasteiger partial charge in [0.15, 0.2) is 0 Å². The van der Waals surface area contributed by atoms with Crippen molar-refractivity contribution in [2.24, 2.45) is 0 Å². The SMILES string of the molecule is COc1ccc(Cl)cc1S(=O)(=O)Nc1ccc(C)c(C)c1. The van der Waals surface area contributed by atoms with Crippen LogP contribution in [0.25, 0.3) is 0 Å². The number of ether oxygens (including phenoxy) is 1. The van der Waals surface area contributed by atoms with Crippen LogP contribution < -0.4 is 9.46 Å². The number of nitrogens with one attached hydrogen (secondary N) is 1. The van der Waals surface area contributed by atoms with Crippen molar-refractivity contribution >= 4 is 27.3 Å². The van der Waals surface area contributed by atoms with Gasteiger partial charge < -0.3 is 4.74 Å². The molecule has 1 N–H and O–H groups in total. The molecule has 6 heteroatoms. The highest BCUT2D eigenvalue weighted by molar-refractivity contribution is 7.92. The van der Waals surface area contributed by atoms with Crippen LogP contribution in [-0.2, 0) is 10.0 Å². The summed E-state index contributed by atoms with van der Waals surface area (Å²) in [6.07, 6.45) is 0. The Bertz CT molecular complexity index is 772. The standard InChI is InChI=1S/C15H16ClNO3S/c1-10-4-6-13(8-11(10)2)17-21(18,19)15-9-12(16)5-7-14(15)20-3/h4-9,17H,1-3H3. The minimum atomic E-state index is -3.77. The highest BCUT2D eigenvalue weighted by Crippen LogP contribution is 2.29. The lowest BCUT2D eigenvalue weighted by Crippen LogP contribution is -2.14. The maximum atomic E-state index is 12.5. The average molecular weight is 326 g/mol. The molecule has 21 heavy (non-hydrogen) atoms. The molecule has 0 atom stereocenters. The van der Waals surface area contributed by atoms with Gasteiger partial charge in [-0.2, -0.15) is 0 Å². The molecule has 0 aromatic heterocycles. The molecule has 0 heterocycles. The number of halogens is 1. The number of rotatable bonds is 4. The first-order valence-corrected chi connectivity index (χ1v) is 8.13. The van der Waals surface area contributed by atoms with E-state index in [4.69, 9.17) is 16.3 Å². The Balaban J connectivity index is 2.42. The third-order valence-electron chi connectivity index (χ3n) is 3.17. The highest BCUT2D eigenvalue weighted by atomic mass is 35.5. The van der Waals surface area contributed by atoms with Gasteiger partial charge in [-0.15, -0.1) is 0 Å². The first kappa shape index (κ1) is 15.7. The quantitative estimate of drug-likeness (QED) is 0.931. The van der Waals surface area contributed by atoms with Gasteiger partial charge in [-0.05, 0) is 55.3 Å². The van der Waals surface area contributed by atoms with Crippen molar-refractivity contribution < 1.29 is 13.2 Å². The van der Waals surface area contributed by atoms with Crippen LogP contribution in [0.3, 0.4) is 0 Å². The van der Waals surface area contributed by atoms with E-state index in [2.05, 4.69) is 4.72 Å². The summed E-state index contributed by atoms with van der Waals surface area (Å²) in [5.74, 6) is 0.246. The summed E-state index contributed by atoms with van der Waals surface area (Å²) in [5, 5.41) is 0.330. The molecule has 0 radical (unpaired) electrons. The van der Waals surface area contributed by atoms with Crippen LogP contribution in [0.1, 0.15) is 11.1 Å². The molecule has 2 aromatic rings. The Kier molecular flexibility index (Phi) is 4.44. The second kappa shape index (κ2) is 5.95. The van der Waals surface area contributed by atoms with Crippen molar-refractivity contribution in [2.75, 3.05) is 11.8 Å². The van der Waals surface area contributed by atoms with Gasteiger partial charge in [0, 0.05) is 10.7 Å². The van der Waals surface area contributed by atoms with Gasteiger partial charge in [-0.1, -0.05) is 17.7 Å². The van der Waals surface area contributed by atoms with Crippen LogP contribution in [0.2, 0.25) is 5.02 Å². The van der Waals surface area contributed by atoms with E-state index in [0.717, 1.165) is 11.1 Å². The number of aryl methyl sites for hydroxylation is 2. The number of anilines is 1. The first-order chi connectivity index (χ1) is 9.83. The van der Waals surface area contributed by atoms with Crippen molar-refractivity contribution in [3.63, 3.8) is 0 Å². The fourth-order valence-corrected chi connectivity index (χ4v) is 3.36. The Morgan fingerprint density at radius 2 is 1.76 bits per heavy atom. The molecule has 0 aliphatic rings. The van der Waals surface area contributed by atoms with Crippen molar-refractivity contribution in [2.45, 2.75) is 18.7 Å². The third kappa shape index (κ3) is 3.49. The monoisotopic (exact) mass is 325 g/mol. The fraction of sp³-hybridized carbons (Fsp3) is 0.200. The van der Waals surface area contributed by atoms with E-state index < -0.39 is 10.0 Å². The first-order valence-electron chi connectivity index (χ1n) is 6.27. The Morgan fingerprint density at radius 3 is 2.38 bits per heavy atom. The Labute approximate surface area is 129 Å². The summed E-state index contributed by atoms with van der Waals surface area (Å²) in [4.78, 5) is 0.00993. The van der Waals surface area contributed by atoms with Gasteiger partial charge in [0.05, 0.1) is 7.11 Å². The molecule has 2 rings (SSSR count). The van der Waals surface area contributed by atoms with E-state index in [1.807, 2.05) is 19.9 Å². The third-order valence-corrected chi connectivity index (χ3v) is 4.81. The summed E-state index contributed by atoms with van der Waals surface area (Å²) in [7, 11) is -2.35. The number of benzene rings is 2. The van der Waals surface area contributed by atoms with Crippen LogP contribution in [0, 0.1) is 13.8 Å². The van der Waals surface area contributed by atoms with Crippen molar-refractivity contribution in [3.8, 4) is 5.75 Å². The van der Waals surface area contributed by atoms with Crippen LogP contribution in [-0.4, -0.2) is 15.5 Å². The number of methoxy groups -OCH3 is 1. The summed E-state index contributed by atoms with van der Waals surface area (Å²) >= 11 is 5.88. The van der Waals surface area contributed by atoms with Gasteiger partial charge in [0.25, 0.3) is 10.0 Å². The lowest BCUT2D eigenvalue weighted by Gasteiger charge is -2.12. The molecule has 4 nitrogen and oxygen atoms in total. The summed E-state index contributed by atoms with van der Waals surface area (Å²) in [6, 6.07) is 9.83. The van der Waals surface area contributed by atoms with Gasteiger partial charge in [0.2, 0.25) is 0 Å². The normalized spacial score (nSPS) is 11.2.